The van der Waals surface area contributed by atoms with Crippen molar-refractivity contribution in [3.05, 3.63) is 28.2 Å². The molecule has 1 amide bonds. The molecule has 8 heteroatoms. The Bertz CT molecular complexity index is 931. The predicted molar refractivity (Wildman–Crippen MR) is 119 cm³/mol. The van der Waals surface area contributed by atoms with Gasteiger partial charge >= 0.3 is 0 Å². The van der Waals surface area contributed by atoms with E-state index in [2.05, 4.69) is 37.9 Å². The Hall–Kier alpha value is -2.21. The topological polar surface area (TPSA) is 89.5 Å². The van der Waals surface area contributed by atoms with E-state index in [-0.39, 0.29) is 17.0 Å². The van der Waals surface area contributed by atoms with Crippen LogP contribution < -0.4 is 10.7 Å². The first-order chi connectivity index (χ1) is 14.5. The molecule has 0 atom stereocenters. The van der Waals surface area contributed by atoms with Gasteiger partial charge in [0.05, 0.1) is 31.7 Å². The van der Waals surface area contributed by atoms with Crippen molar-refractivity contribution >= 4 is 39.5 Å². The number of amides is 1. The second kappa shape index (κ2) is 8.88. The van der Waals surface area contributed by atoms with Crippen molar-refractivity contribution in [2.75, 3.05) is 31.7 Å². The van der Waals surface area contributed by atoms with Gasteiger partial charge < -0.3 is 20.2 Å². The van der Waals surface area contributed by atoms with E-state index in [1.165, 1.54) is 24.0 Å². The van der Waals surface area contributed by atoms with E-state index in [4.69, 9.17) is 15.3 Å². The minimum absolute atomic E-state index is 0.0494. The molecular weight excluding hydrogens is 448 g/mol. The second-order valence-corrected chi connectivity index (χ2v) is 8.99. The molecule has 2 saturated carbocycles. The van der Waals surface area contributed by atoms with Crippen LogP contribution in [0.15, 0.2) is 32.8 Å². The van der Waals surface area contributed by atoms with Gasteiger partial charge in [-0.1, -0.05) is 11.8 Å². The van der Waals surface area contributed by atoms with Crippen molar-refractivity contribution in [3.63, 3.8) is 0 Å². The summed E-state index contributed by atoms with van der Waals surface area (Å²) < 4.78 is 12.2. The highest BCUT2D eigenvalue weighted by atomic mass is 79.9. The van der Waals surface area contributed by atoms with Crippen LogP contribution in [0.4, 0.5) is 5.69 Å². The molecule has 3 fully saturated rings. The Balaban J connectivity index is 1.38. The number of benzene rings is 1. The zero-order valence-electron chi connectivity index (χ0n) is 16.9. The molecule has 1 aromatic rings. The standard InChI is InChI=1S/C22H25BrN4O3/c1-27(19-10-16(6-7-17(19)23)5-4-15-2-3-15)21(28)18(26-24)11-25-12-20-29-13-22(8-9-22)14-30-20/h6-7,10-11,15,20H,2-3,8-9,12-14,24H2,1H3/b25-11?,26-18+. The van der Waals surface area contributed by atoms with Gasteiger partial charge in [0.1, 0.15) is 0 Å². The van der Waals surface area contributed by atoms with E-state index in [1.807, 2.05) is 18.2 Å². The number of carbonyl (C=O) groups is 1. The van der Waals surface area contributed by atoms with Crippen LogP contribution in [0.1, 0.15) is 31.2 Å². The molecule has 1 spiro atoms. The summed E-state index contributed by atoms with van der Waals surface area (Å²) in [6.07, 6.45) is 5.64. The SMILES string of the molecule is CN(C(=O)/C(C=NCC1OCC2(CC2)CO1)=N/N)c1cc(C#CC2CC2)ccc1Br. The van der Waals surface area contributed by atoms with Gasteiger partial charge in [-0.3, -0.25) is 9.79 Å². The molecule has 7 nitrogen and oxygen atoms in total. The number of carbonyl (C=O) groups excluding carboxylic acids is 1. The van der Waals surface area contributed by atoms with E-state index >= 15 is 0 Å². The van der Waals surface area contributed by atoms with Gasteiger partial charge in [-0.25, -0.2) is 0 Å². The van der Waals surface area contributed by atoms with Crippen LogP contribution in [0, 0.1) is 23.2 Å². The lowest BCUT2D eigenvalue weighted by molar-refractivity contribution is -0.201. The highest BCUT2D eigenvalue weighted by molar-refractivity contribution is 9.10. The highest BCUT2D eigenvalue weighted by Crippen LogP contribution is 2.48. The van der Waals surface area contributed by atoms with Gasteiger partial charge in [0.2, 0.25) is 0 Å². The van der Waals surface area contributed by atoms with Crippen LogP contribution in [0.5, 0.6) is 0 Å². The Kier molecular flexibility index (Phi) is 6.23. The summed E-state index contributed by atoms with van der Waals surface area (Å²) in [5.41, 5.74) is 1.84. The first kappa shape index (κ1) is 21.0. The number of nitrogens with zero attached hydrogens (tertiary/aromatic N) is 3. The Labute approximate surface area is 184 Å². The quantitative estimate of drug-likeness (QED) is 0.308. The monoisotopic (exact) mass is 472 g/mol. The molecule has 2 N–H and O–H groups in total. The maximum Gasteiger partial charge on any atom is 0.280 e. The molecule has 1 heterocycles. The van der Waals surface area contributed by atoms with E-state index in [9.17, 15) is 4.79 Å². The molecule has 1 aromatic carbocycles. The largest absolute Gasteiger partial charge is 0.350 e. The Morgan fingerprint density at radius 2 is 2.10 bits per heavy atom. The lowest BCUT2D eigenvalue weighted by Crippen LogP contribution is -2.36. The lowest BCUT2D eigenvalue weighted by atomic mass is 10.1. The minimum Gasteiger partial charge on any atom is -0.350 e. The van der Waals surface area contributed by atoms with Gasteiger partial charge in [0.25, 0.3) is 5.91 Å². The normalized spacial score (nSPS) is 20.8. The van der Waals surface area contributed by atoms with E-state index in [0.29, 0.717) is 31.4 Å². The molecule has 0 unspecified atom stereocenters. The van der Waals surface area contributed by atoms with E-state index < -0.39 is 6.29 Å². The fourth-order valence-electron chi connectivity index (χ4n) is 3.11. The van der Waals surface area contributed by atoms with E-state index in [1.54, 1.807) is 7.05 Å². The Morgan fingerprint density at radius 3 is 2.73 bits per heavy atom. The van der Waals surface area contributed by atoms with Crippen molar-refractivity contribution in [2.45, 2.75) is 32.0 Å². The van der Waals surface area contributed by atoms with Crippen molar-refractivity contribution in [1.29, 1.82) is 0 Å². The third-order valence-electron chi connectivity index (χ3n) is 5.54. The molecule has 3 aliphatic rings. The number of halogens is 1. The van der Waals surface area contributed by atoms with Crippen LogP contribution in [0.3, 0.4) is 0 Å². The summed E-state index contributed by atoms with van der Waals surface area (Å²) in [6.45, 7) is 1.71. The molecule has 0 bridgehead atoms. The number of rotatable bonds is 5. The molecule has 1 saturated heterocycles. The van der Waals surface area contributed by atoms with Gasteiger partial charge in [0.15, 0.2) is 12.0 Å². The smallest absolute Gasteiger partial charge is 0.280 e. The molecule has 2 aliphatic carbocycles. The van der Waals surface area contributed by atoms with Crippen LogP contribution in [0.2, 0.25) is 0 Å². The first-order valence-corrected chi connectivity index (χ1v) is 10.9. The minimum atomic E-state index is -0.393. The summed E-state index contributed by atoms with van der Waals surface area (Å²) in [4.78, 5) is 18.6. The zero-order valence-corrected chi connectivity index (χ0v) is 18.5. The van der Waals surface area contributed by atoms with Crippen molar-refractivity contribution in [1.82, 2.24) is 0 Å². The number of hydrogen-bond acceptors (Lipinski definition) is 6. The number of ether oxygens (including phenoxy) is 2. The third kappa shape index (κ3) is 5.09. The third-order valence-corrected chi connectivity index (χ3v) is 6.21. The maximum atomic E-state index is 12.9. The number of hydrogen-bond donors (Lipinski definition) is 1. The highest BCUT2D eigenvalue weighted by Gasteiger charge is 2.46. The number of anilines is 1. The van der Waals surface area contributed by atoms with Crippen LogP contribution in [0.25, 0.3) is 0 Å². The van der Waals surface area contributed by atoms with Gasteiger partial charge in [-0.15, -0.1) is 0 Å². The zero-order chi connectivity index (χ0) is 21.1. The number of nitrogens with two attached hydrogens (primary N) is 1. The van der Waals surface area contributed by atoms with Gasteiger partial charge in [-0.05, 0) is 59.8 Å². The summed E-state index contributed by atoms with van der Waals surface area (Å²) in [5.74, 6) is 12.0. The van der Waals surface area contributed by atoms with E-state index in [0.717, 1.165) is 22.9 Å². The van der Waals surface area contributed by atoms with Gasteiger partial charge in [0, 0.05) is 28.4 Å². The van der Waals surface area contributed by atoms with Crippen molar-refractivity contribution in [2.24, 2.45) is 27.3 Å². The summed E-state index contributed by atoms with van der Waals surface area (Å²) >= 11 is 3.50. The second-order valence-electron chi connectivity index (χ2n) is 8.13. The molecule has 0 aromatic heterocycles. The Morgan fingerprint density at radius 1 is 1.37 bits per heavy atom. The van der Waals surface area contributed by atoms with Crippen molar-refractivity contribution in [3.8, 4) is 11.8 Å². The fraction of sp³-hybridized carbons (Fsp3) is 0.500. The lowest BCUT2D eigenvalue weighted by Gasteiger charge is -2.28. The summed E-state index contributed by atoms with van der Waals surface area (Å²) in [6, 6.07) is 5.68. The number of aliphatic imine (C=N–C) groups is 1. The summed E-state index contributed by atoms with van der Waals surface area (Å²) in [5, 5.41) is 3.62. The molecular formula is C22H25BrN4O3. The molecule has 0 radical (unpaired) electrons. The maximum absolute atomic E-state index is 12.9. The molecule has 158 valence electrons. The van der Waals surface area contributed by atoms with Crippen LogP contribution in [-0.2, 0) is 14.3 Å². The average molecular weight is 473 g/mol. The molecule has 1 aliphatic heterocycles. The van der Waals surface area contributed by atoms with Crippen molar-refractivity contribution < 1.29 is 14.3 Å². The predicted octanol–water partition coefficient (Wildman–Crippen LogP) is 2.71. The number of hydrazone groups is 1. The van der Waals surface area contributed by atoms with Crippen LogP contribution in [-0.4, -0.2) is 50.9 Å². The first-order valence-electron chi connectivity index (χ1n) is 10.1. The average Bonchev–Trinajstić information content (AvgIpc) is 3.69. The summed E-state index contributed by atoms with van der Waals surface area (Å²) in [7, 11) is 1.67. The molecule has 4 rings (SSSR count). The fourth-order valence-corrected chi connectivity index (χ4v) is 3.62. The van der Waals surface area contributed by atoms with Gasteiger partial charge in [-0.2, -0.15) is 5.10 Å². The van der Waals surface area contributed by atoms with Crippen LogP contribution >= 0.6 is 15.9 Å². The molecule has 30 heavy (non-hydrogen) atoms.